The van der Waals surface area contributed by atoms with E-state index in [1.165, 1.54) is 39.3 Å². The first-order valence-corrected chi connectivity index (χ1v) is 11.0. The van der Waals surface area contributed by atoms with Crippen LogP contribution in [0.2, 0.25) is 5.02 Å². The number of anilines is 1. The number of aryl methyl sites for hydroxylation is 1. The molecule has 2 unspecified atom stereocenters. The molecule has 0 aliphatic carbocycles. The van der Waals surface area contributed by atoms with Crippen molar-refractivity contribution in [2.75, 3.05) is 30.3 Å². The van der Waals surface area contributed by atoms with Gasteiger partial charge >= 0.3 is 0 Å². The van der Waals surface area contributed by atoms with E-state index in [1.807, 2.05) is 17.8 Å². The minimum absolute atomic E-state index is 0.600. The Hall–Kier alpha value is -1.16. The molecule has 0 saturated carbocycles. The number of piperidine rings is 1. The lowest BCUT2D eigenvalue weighted by atomic mass is 9.88. The minimum Gasteiger partial charge on any atom is -0.367 e. The first kappa shape index (κ1) is 18.2. The van der Waals surface area contributed by atoms with Crippen molar-refractivity contribution in [2.24, 2.45) is 0 Å². The first-order chi connectivity index (χ1) is 12.6. The Morgan fingerprint density at radius 3 is 2.81 bits per heavy atom. The molecule has 138 valence electrons. The summed E-state index contributed by atoms with van der Waals surface area (Å²) in [7, 11) is 0. The van der Waals surface area contributed by atoms with E-state index in [0.717, 1.165) is 30.4 Å². The molecule has 2 atom stereocenters. The molecular weight excluding hydrogens is 360 g/mol. The van der Waals surface area contributed by atoms with Gasteiger partial charge in [0.15, 0.2) is 0 Å². The van der Waals surface area contributed by atoms with Crippen molar-refractivity contribution < 1.29 is 0 Å². The highest BCUT2D eigenvalue weighted by Gasteiger charge is 2.40. The van der Waals surface area contributed by atoms with Crippen LogP contribution in [0.1, 0.15) is 37.3 Å². The zero-order chi connectivity index (χ0) is 18.3. The summed E-state index contributed by atoms with van der Waals surface area (Å²) >= 11 is 8.16. The zero-order valence-electron chi connectivity index (χ0n) is 15.8. The van der Waals surface area contributed by atoms with Crippen LogP contribution in [0.3, 0.4) is 0 Å². The molecule has 2 nitrogen and oxygen atoms in total. The second-order valence-corrected chi connectivity index (χ2v) is 9.00. The molecule has 26 heavy (non-hydrogen) atoms. The maximum Gasteiger partial charge on any atom is 0.0544 e. The second kappa shape index (κ2) is 7.46. The quantitative estimate of drug-likeness (QED) is 0.677. The molecule has 2 aliphatic rings. The van der Waals surface area contributed by atoms with Gasteiger partial charge in [-0.15, -0.1) is 11.8 Å². The Bertz CT molecular complexity index is 820. The number of likely N-dealkylation sites (N-methyl/N-ethyl adjacent to an activating group) is 1. The maximum absolute atomic E-state index is 6.19. The average Bonchev–Trinajstić information content (AvgIpc) is 2.96. The lowest BCUT2D eigenvalue weighted by Crippen LogP contribution is -2.44. The van der Waals surface area contributed by atoms with Gasteiger partial charge in [0, 0.05) is 35.0 Å². The summed E-state index contributed by atoms with van der Waals surface area (Å²) in [4.78, 5) is 4.10. The van der Waals surface area contributed by atoms with E-state index in [0.29, 0.717) is 12.0 Å². The number of benzene rings is 2. The smallest absolute Gasteiger partial charge is 0.0544 e. The van der Waals surface area contributed by atoms with Gasteiger partial charge in [-0.3, -0.25) is 0 Å². The summed E-state index contributed by atoms with van der Waals surface area (Å²) in [5.41, 5.74) is 6.90. The fourth-order valence-corrected chi connectivity index (χ4v) is 5.80. The number of thioether (sulfide) groups is 1. The number of nitrogens with zero attached hydrogens (tertiary/aromatic N) is 1. The normalized spacial score (nSPS) is 21.6. The number of hydrogen-bond donors (Lipinski definition) is 1. The highest BCUT2D eigenvalue weighted by molar-refractivity contribution is 7.99. The van der Waals surface area contributed by atoms with Crippen molar-refractivity contribution in [2.45, 2.75) is 44.0 Å². The molecular formula is C22H27ClN2S. The SMILES string of the molecule is CCSc1cc(-c2ccc(Cl)cc2C)cc2c1N(CC)C1CCNCC21. The van der Waals surface area contributed by atoms with Gasteiger partial charge in [0.2, 0.25) is 0 Å². The van der Waals surface area contributed by atoms with Crippen molar-refractivity contribution >= 4 is 29.1 Å². The fraction of sp³-hybridized carbons (Fsp3) is 0.455. The molecule has 2 heterocycles. The number of hydrogen-bond acceptors (Lipinski definition) is 3. The lowest BCUT2D eigenvalue weighted by molar-refractivity contribution is 0.405. The van der Waals surface area contributed by atoms with Crippen LogP contribution in [0.15, 0.2) is 35.2 Å². The van der Waals surface area contributed by atoms with E-state index >= 15 is 0 Å². The molecule has 0 spiro atoms. The summed E-state index contributed by atoms with van der Waals surface area (Å²) < 4.78 is 0. The third-order valence-electron chi connectivity index (χ3n) is 5.78. The monoisotopic (exact) mass is 386 g/mol. The summed E-state index contributed by atoms with van der Waals surface area (Å²) in [6, 6.07) is 11.7. The van der Waals surface area contributed by atoms with Crippen LogP contribution in [0.4, 0.5) is 5.69 Å². The van der Waals surface area contributed by atoms with Crippen LogP contribution in [-0.2, 0) is 0 Å². The van der Waals surface area contributed by atoms with Crippen molar-refractivity contribution in [3.05, 3.63) is 46.5 Å². The van der Waals surface area contributed by atoms with Crippen LogP contribution in [0, 0.1) is 6.92 Å². The Morgan fingerprint density at radius 1 is 1.23 bits per heavy atom. The average molecular weight is 387 g/mol. The fourth-order valence-electron chi connectivity index (χ4n) is 4.68. The molecule has 4 heteroatoms. The standard InChI is InChI=1S/C22H27ClN2S/c1-4-25-20-8-9-24-13-19(20)18-11-15(12-21(22(18)25)26-5-2)17-7-6-16(23)10-14(17)3/h6-7,10-12,19-20,24H,4-5,8-9,13H2,1-3H3. The topological polar surface area (TPSA) is 15.3 Å². The summed E-state index contributed by atoms with van der Waals surface area (Å²) in [6.07, 6.45) is 1.23. The van der Waals surface area contributed by atoms with Gasteiger partial charge in [0.25, 0.3) is 0 Å². The molecule has 0 radical (unpaired) electrons. The molecule has 2 aliphatic heterocycles. The third kappa shape index (κ3) is 3.04. The zero-order valence-corrected chi connectivity index (χ0v) is 17.4. The summed E-state index contributed by atoms with van der Waals surface area (Å²) in [6.45, 7) is 10.0. The number of rotatable bonds is 4. The number of halogens is 1. The Morgan fingerprint density at radius 2 is 2.08 bits per heavy atom. The Labute approximate surface area is 166 Å². The van der Waals surface area contributed by atoms with Crippen LogP contribution in [-0.4, -0.2) is 31.4 Å². The van der Waals surface area contributed by atoms with Crippen LogP contribution >= 0.6 is 23.4 Å². The Balaban J connectivity index is 1.88. The van der Waals surface area contributed by atoms with Gasteiger partial charge in [0.05, 0.1) is 5.69 Å². The van der Waals surface area contributed by atoms with E-state index in [2.05, 4.69) is 55.3 Å². The molecule has 0 bridgehead atoms. The van der Waals surface area contributed by atoms with Crippen molar-refractivity contribution in [1.82, 2.24) is 5.32 Å². The molecule has 0 aromatic heterocycles. The van der Waals surface area contributed by atoms with E-state index in [1.54, 1.807) is 0 Å². The van der Waals surface area contributed by atoms with E-state index < -0.39 is 0 Å². The largest absolute Gasteiger partial charge is 0.367 e. The summed E-state index contributed by atoms with van der Waals surface area (Å²) in [5.74, 6) is 1.70. The van der Waals surface area contributed by atoms with Gasteiger partial charge in [-0.1, -0.05) is 24.6 Å². The second-order valence-electron chi connectivity index (χ2n) is 7.26. The van der Waals surface area contributed by atoms with Crippen molar-refractivity contribution in [3.8, 4) is 11.1 Å². The Kier molecular flexibility index (Phi) is 5.22. The third-order valence-corrected chi connectivity index (χ3v) is 6.92. The molecule has 1 saturated heterocycles. The molecule has 0 amide bonds. The molecule has 1 N–H and O–H groups in total. The maximum atomic E-state index is 6.19. The van der Waals surface area contributed by atoms with Crippen molar-refractivity contribution in [1.29, 1.82) is 0 Å². The van der Waals surface area contributed by atoms with E-state index in [9.17, 15) is 0 Å². The van der Waals surface area contributed by atoms with Gasteiger partial charge in [-0.05, 0) is 79.1 Å². The highest BCUT2D eigenvalue weighted by Crippen LogP contribution is 2.49. The lowest BCUT2D eigenvalue weighted by Gasteiger charge is -2.33. The van der Waals surface area contributed by atoms with Gasteiger partial charge in [-0.2, -0.15) is 0 Å². The van der Waals surface area contributed by atoms with Gasteiger partial charge in [-0.25, -0.2) is 0 Å². The predicted octanol–water partition coefficient (Wildman–Crippen LogP) is 5.71. The molecule has 2 aromatic carbocycles. The number of fused-ring (bicyclic) bond motifs is 3. The van der Waals surface area contributed by atoms with Gasteiger partial charge in [0.1, 0.15) is 0 Å². The predicted molar refractivity (Wildman–Crippen MR) is 115 cm³/mol. The van der Waals surface area contributed by atoms with E-state index in [-0.39, 0.29) is 0 Å². The molecule has 4 rings (SSSR count). The number of nitrogens with one attached hydrogen (secondary N) is 1. The van der Waals surface area contributed by atoms with Gasteiger partial charge < -0.3 is 10.2 Å². The summed E-state index contributed by atoms with van der Waals surface area (Å²) in [5, 5.41) is 4.43. The molecule has 1 fully saturated rings. The van der Waals surface area contributed by atoms with E-state index in [4.69, 9.17) is 11.6 Å². The van der Waals surface area contributed by atoms with Crippen LogP contribution in [0.25, 0.3) is 11.1 Å². The van der Waals surface area contributed by atoms with Crippen LogP contribution < -0.4 is 10.2 Å². The highest BCUT2D eigenvalue weighted by atomic mass is 35.5. The van der Waals surface area contributed by atoms with Crippen LogP contribution in [0.5, 0.6) is 0 Å². The first-order valence-electron chi connectivity index (χ1n) is 9.68. The van der Waals surface area contributed by atoms with Crippen molar-refractivity contribution in [3.63, 3.8) is 0 Å². The minimum atomic E-state index is 0.600. The molecule has 2 aromatic rings.